The van der Waals surface area contributed by atoms with E-state index < -0.39 is 22.5 Å². The standard InChI is InChI=1S/C13H17NO4S/c1-9-5-10(2)7-12(6-9)19(17,18)14(8-13(15)16)11-3-4-11/h5-7,11H,3-4,8H2,1-2H3,(H,15,16). The van der Waals surface area contributed by atoms with Crippen LogP contribution in [0.2, 0.25) is 0 Å². The molecule has 1 N–H and O–H groups in total. The van der Waals surface area contributed by atoms with E-state index >= 15 is 0 Å². The van der Waals surface area contributed by atoms with Gasteiger partial charge in [-0.1, -0.05) is 6.07 Å². The van der Waals surface area contributed by atoms with Gasteiger partial charge in [-0.05, 0) is 49.9 Å². The molecule has 6 heteroatoms. The topological polar surface area (TPSA) is 74.7 Å². The van der Waals surface area contributed by atoms with Crippen LogP contribution in [0.15, 0.2) is 23.1 Å². The Balaban J connectivity index is 2.41. The SMILES string of the molecule is Cc1cc(C)cc(S(=O)(=O)N(CC(=O)O)C2CC2)c1. The van der Waals surface area contributed by atoms with Gasteiger partial charge in [0.05, 0.1) is 4.90 Å². The maximum absolute atomic E-state index is 12.5. The maximum atomic E-state index is 12.5. The molecule has 0 atom stereocenters. The molecule has 5 nitrogen and oxygen atoms in total. The van der Waals surface area contributed by atoms with E-state index in [-0.39, 0.29) is 10.9 Å². The molecule has 1 saturated carbocycles. The number of hydrogen-bond acceptors (Lipinski definition) is 3. The van der Waals surface area contributed by atoms with Crippen LogP contribution >= 0.6 is 0 Å². The third kappa shape index (κ3) is 3.13. The van der Waals surface area contributed by atoms with Crippen LogP contribution in [0.1, 0.15) is 24.0 Å². The van der Waals surface area contributed by atoms with E-state index in [0.717, 1.165) is 28.3 Å². The third-order valence-corrected chi connectivity index (χ3v) is 4.92. The van der Waals surface area contributed by atoms with E-state index in [9.17, 15) is 13.2 Å². The lowest BCUT2D eigenvalue weighted by molar-refractivity contribution is -0.137. The fraction of sp³-hybridized carbons (Fsp3) is 0.462. The molecule has 0 bridgehead atoms. The quantitative estimate of drug-likeness (QED) is 0.889. The monoisotopic (exact) mass is 283 g/mol. The molecule has 1 aliphatic carbocycles. The van der Waals surface area contributed by atoms with Crippen molar-refractivity contribution in [2.75, 3.05) is 6.54 Å². The van der Waals surface area contributed by atoms with Crippen molar-refractivity contribution in [3.63, 3.8) is 0 Å². The molecule has 1 aliphatic rings. The van der Waals surface area contributed by atoms with Crippen LogP contribution in [0, 0.1) is 13.8 Å². The highest BCUT2D eigenvalue weighted by Gasteiger charge is 2.39. The number of rotatable bonds is 5. The van der Waals surface area contributed by atoms with Crippen molar-refractivity contribution in [2.24, 2.45) is 0 Å². The van der Waals surface area contributed by atoms with Gasteiger partial charge in [0, 0.05) is 6.04 Å². The fourth-order valence-corrected chi connectivity index (χ4v) is 3.95. The maximum Gasteiger partial charge on any atom is 0.318 e. The summed E-state index contributed by atoms with van der Waals surface area (Å²) in [4.78, 5) is 11.0. The van der Waals surface area contributed by atoms with Gasteiger partial charge in [-0.3, -0.25) is 4.79 Å². The normalized spacial score (nSPS) is 15.7. The number of hydrogen-bond donors (Lipinski definition) is 1. The third-order valence-electron chi connectivity index (χ3n) is 3.05. The van der Waals surface area contributed by atoms with Crippen molar-refractivity contribution in [2.45, 2.75) is 37.6 Å². The van der Waals surface area contributed by atoms with Gasteiger partial charge in [0.2, 0.25) is 10.0 Å². The lowest BCUT2D eigenvalue weighted by atomic mass is 10.2. The molecule has 2 rings (SSSR count). The van der Waals surface area contributed by atoms with Crippen molar-refractivity contribution in [3.8, 4) is 0 Å². The molecule has 0 aromatic heterocycles. The molecule has 0 unspecified atom stereocenters. The number of benzene rings is 1. The van der Waals surface area contributed by atoms with E-state index in [1.54, 1.807) is 12.1 Å². The Hall–Kier alpha value is -1.40. The van der Waals surface area contributed by atoms with Crippen molar-refractivity contribution in [3.05, 3.63) is 29.3 Å². The summed E-state index contributed by atoms with van der Waals surface area (Å²) in [5.41, 5.74) is 1.70. The summed E-state index contributed by atoms with van der Waals surface area (Å²) in [5.74, 6) is -1.13. The number of nitrogens with zero attached hydrogens (tertiary/aromatic N) is 1. The molecule has 0 saturated heterocycles. The first-order valence-electron chi connectivity index (χ1n) is 6.12. The number of sulfonamides is 1. The number of aryl methyl sites for hydroxylation is 2. The Morgan fingerprint density at radius 3 is 2.21 bits per heavy atom. The van der Waals surface area contributed by atoms with E-state index in [0.29, 0.717) is 0 Å². The minimum absolute atomic E-state index is 0.165. The average Bonchev–Trinajstić information content (AvgIpc) is 3.07. The number of aliphatic carboxylic acids is 1. The Morgan fingerprint density at radius 2 is 1.79 bits per heavy atom. The van der Waals surface area contributed by atoms with Gasteiger partial charge in [-0.2, -0.15) is 4.31 Å². The molecule has 0 aliphatic heterocycles. The minimum atomic E-state index is -3.73. The lowest BCUT2D eigenvalue weighted by Gasteiger charge is -2.20. The Labute approximate surface area is 112 Å². The van der Waals surface area contributed by atoms with E-state index in [1.807, 2.05) is 19.9 Å². The minimum Gasteiger partial charge on any atom is -0.480 e. The molecule has 1 aromatic carbocycles. The van der Waals surface area contributed by atoms with Gasteiger partial charge in [-0.25, -0.2) is 8.42 Å². The summed E-state index contributed by atoms with van der Waals surface area (Å²) >= 11 is 0. The van der Waals surface area contributed by atoms with Crippen molar-refractivity contribution in [1.29, 1.82) is 0 Å². The summed E-state index contributed by atoms with van der Waals surface area (Å²) in [7, 11) is -3.73. The van der Waals surface area contributed by atoms with E-state index in [2.05, 4.69) is 0 Å². The van der Waals surface area contributed by atoms with Crippen LogP contribution in [0.4, 0.5) is 0 Å². The predicted molar refractivity (Wildman–Crippen MR) is 70.5 cm³/mol. The second kappa shape index (κ2) is 4.94. The zero-order valence-electron chi connectivity index (χ0n) is 11.0. The molecule has 19 heavy (non-hydrogen) atoms. The van der Waals surface area contributed by atoms with Crippen LogP contribution in [0.25, 0.3) is 0 Å². The van der Waals surface area contributed by atoms with Gasteiger partial charge in [0.15, 0.2) is 0 Å². The molecule has 0 amide bonds. The van der Waals surface area contributed by atoms with Crippen molar-refractivity contribution >= 4 is 16.0 Å². The zero-order chi connectivity index (χ0) is 14.2. The molecule has 0 heterocycles. The summed E-state index contributed by atoms with van der Waals surface area (Å²) in [6.45, 7) is 3.18. The molecule has 104 valence electrons. The predicted octanol–water partition coefficient (Wildman–Crippen LogP) is 1.54. The van der Waals surface area contributed by atoms with Crippen LogP contribution in [-0.4, -0.2) is 36.4 Å². The number of carboxylic acids is 1. The summed E-state index contributed by atoms with van der Waals surface area (Å²) in [6.07, 6.45) is 1.47. The van der Waals surface area contributed by atoms with Crippen LogP contribution in [0.5, 0.6) is 0 Å². The fourth-order valence-electron chi connectivity index (χ4n) is 2.12. The molecule has 0 spiro atoms. The van der Waals surface area contributed by atoms with Crippen molar-refractivity contribution in [1.82, 2.24) is 4.31 Å². The summed E-state index contributed by atoms with van der Waals surface area (Å²) in [6, 6.07) is 4.89. The Bertz CT molecular complexity index is 585. The second-order valence-electron chi connectivity index (χ2n) is 5.00. The smallest absolute Gasteiger partial charge is 0.318 e. The largest absolute Gasteiger partial charge is 0.480 e. The van der Waals surface area contributed by atoms with Crippen molar-refractivity contribution < 1.29 is 18.3 Å². The molecular formula is C13H17NO4S. The second-order valence-corrected chi connectivity index (χ2v) is 6.89. The molecular weight excluding hydrogens is 266 g/mol. The van der Waals surface area contributed by atoms with Gasteiger partial charge >= 0.3 is 5.97 Å². The number of carboxylic acid groups (broad SMARTS) is 1. The number of carbonyl (C=O) groups is 1. The molecule has 1 fully saturated rings. The molecule has 1 aromatic rings. The van der Waals surface area contributed by atoms with Crippen LogP contribution in [0.3, 0.4) is 0 Å². The average molecular weight is 283 g/mol. The van der Waals surface area contributed by atoms with Crippen LogP contribution < -0.4 is 0 Å². The summed E-state index contributed by atoms with van der Waals surface area (Å²) < 4.78 is 26.1. The first-order chi connectivity index (χ1) is 8.80. The first-order valence-corrected chi connectivity index (χ1v) is 7.56. The highest BCUT2D eigenvalue weighted by atomic mass is 32.2. The van der Waals surface area contributed by atoms with Gasteiger partial charge in [-0.15, -0.1) is 0 Å². The molecule has 0 radical (unpaired) electrons. The Kier molecular flexibility index (Phi) is 3.64. The van der Waals surface area contributed by atoms with Crippen LogP contribution in [-0.2, 0) is 14.8 Å². The highest BCUT2D eigenvalue weighted by molar-refractivity contribution is 7.89. The van der Waals surface area contributed by atoms with Gasteiger partial charge in [0.25, 0.3) is 0 Å². The van der Waals surface area contributed by atoms with E-state index in [1.165, 1.54) is 0 Å². The van der Waals surface area contributed by atoms with Gasteiger partial charge in [0.1, 0.15) is 6.54 Å². The van der Waals surface area contributed by atoms with Gasteiger partial charge < -0.3 is 5.11 Å². The van der Waals surface area contributed by atoms with E-state index in [4.69, 9.17) is 5.11 Å². The highest BCUT2D eigenvalue weighted by Crippen LogP contribution is 2.32. The summed E-state index contributed by atoms with van der Waals surface area (Å²) in [5, 5.41) is 8.87. The zero-order valence-corrected chi connectivity index (χ0v) is 11.8. The Morgan fingerprint density at radius 1 is 1.26 bits per heavy atom. The first kappa shape index (κ1) is 14.0. The lowest BCUT2D eigenvalue weighted by Crippen LogP contribution is -2.37.